The summed E-state index contributed by atoms with van der Waals surface area (Å²) in [5, 5.41) is 9.50. The zero-order chi connectivity index (χ0) is 13.3. The van der Waals surface area contributed by atoms with Crippen molar-refractivity contribution >= 4 is 17.6 Å². The summed E-state index contributed by atoms with van der Waals surface area (Å²) in [6.45, 7) is 4.55. The number of ether oxygens (including phenoxy) is 2. The van der Waals surface area contributed by atoms with Crippen LogP contribution in [0, 0.1) is 12.8 Å². The lowest BCUT2D eigenvalue weighted by Crippen LogP contribution is -2.18. The molecular weight excluding hydrogens is 256 g/mol. The van der Waals surface area contributed by atoms with Gasteiger partial charge in [0.15, 0.2) is 11.5 Å². The van der Waals surface area contributed by atoms with Crippen molar-refractivity contribution in [2.75, 3.05) is 13.2 Å². The average molecular weight is 271 g/mol. The smallest absolute Gasteiger partial charge is 0.306 e. The van der Waals surface area contributed by atoms with Gasteiger partial charge >= 0.3 is 5.97 Å². The van der Waals surface area contributed by atoms with Crippen molar-refractivity contribution in [1.82, 2.24) is 0 Å². The summed E-state index contributed by atoms with van der Waals surface area (Å²) >= 11 is 6.19. The fraction of sp³-hybridized carbons (Fsp3) is 0.462. The first kappa shape index (κ1) is 13.0. The second-order valence-electron chi connectivity index (χ2n) is 4.43. The van der Waals surface area contributed by atoms with Gasteiger partial charge < -0.3 is 14.6 Å². The lowest BCUT2D eigenvalue weighted by Gasteiger charge is -2.23. The number of hydrogen-bond acceptors (Lipinski definition) is 3. The van der Waals surface area contributed by atoms with Crippen molar-refractivity contribution in [1.29, 1.82) is 0 Å². The highest BCUT2D eigenvalue weighted by Crippen LogP contribution is 2.40. The molecule has 1 aromatic rings. The summed E-state index contributed by atoms with van der Waals surface area (Å²) in [7, 11) is 0. The number of carboxylic acid groups (broad SMARTS) is 1. The molecule has 0 saturated heterocycles. The van der Waals surface area contributed by atoms with Gasteiger partial charge in [0, 0.05) is 11.1 Å². The third kappa shape index (κ3) is 2.38. The number of aliphatic carboxylic acids is 1. The van der Waals surface area contributed by atoms with Gasteiger partial charge in [0.2, 0.25) is 0 Å². The lowest BCUT2D eigenvalue weighted by atomic mass is 9.96. The Bertz CT molecular complexity index is 484. The van der Waals surface area contributed by atoms with Gasteiger partial charge in [0.25, 0.3) is 0 Å². The zero-order valence-electron chi connectivity index (χ0n) is 10.3. The van der Waals surface area contributed by atoms with Crippen LogP contribution in [0.5, 0.6) is 11.5 Å². The minimum absolute atomic E-state index is 0.386. The largest absolute Gasteiger partial charge is 0.486 e. The van der Waals surface area contributed by atoms with Crippen molar-refractivity contribution in [2.24, 2.45) is 5.92 Å². The van der Waals surface area contributed by atoms with Crippen LogP contribution in [-0.2, 0) is 11.2 Å². The number of benzene rings is 1. The maximum Gasteiger partial charge on any atom is 0.306 e. The Labute approximate surface area is 110 Å². The molecule has 2 rings (SSSR count). The molecule has 4 nitrogen and oxygen atoms in total. The van der Waals surface area contributed by atoms with Crippen molar-refractivity contribution in [3.63, 3.8) is 0 Å². The molecular formula is C13H15ClO4. The van der Waals surface area contributed by atoms with Crippen LogP contribution < -0.4 is 9.47 Å². The van der Waals surface area contributed by atoms with Gasteiger partial charge in [-0.25, -0.2) is 0 Å². The number of carbonyl (C=O) groups is 1. The number of halogens is 1. The Morgan fingerprint density at radius 3 is 2.83 bits per heavy atom. The predicted molar refractivity (Wildman–Crippen MR) is 67.7 cm³/mol. The molecule has 1 aliphatic heterocycles. The highest BCUT2D eigenvalue weighted by atomic mass is 35.5. The Morgan fingerprint density at radius 1 is 1.50 bits per heavy atom. The van der Waals surface area contributed by atoms with Gasteiger partial charge in [0.05, 0.1) is 5.92 Å². The Kier molecular flexibility index (Phi) is 3.66. The molecule has 0 spiro atoms. The molecule has 1 aliphatic rings. The van der Waals surface area contributed by atoms with E-state index in [9.17, 15) is 4.79 Å². The molecule has 0 aromatic heterocycles. The van der Waals surface area contributed by atoms with Gasteiger partial charge in [-0.2, -0.15) is 0 Å². The molecule has 1 heterocycles. The summed E-state index contributed by atoms with van der Waals surface area (Å²) < 4.78 is 11.0. The van der Waals surface area contributed by atoms with Crippen LogP contribution in [-0.4, -0.2) is 24.3 Å². The van der Waals surface area contributed by atoms with Crippen LogP contribution in [0.15, 0.2) is 6.07 Å². The van der Waals surface area contributed by atoms with E-state index in [1.54, 1.807) is 13.0 Å². The van der Waals surface area contributed by atoms with Crippen molar-refractivity contribution in [3.05, 3.63) is 22.2 Å². The van der Waals surface area contributed by atoms with Crippen molar-refractivity contribution in [3.8, 4) is 11.5 Å². The maximum absolute atomic E-state index is 10.9. The molecule has 18 heavy (non-hydrogen) atoms. The maximum atomic E-state index is 10.9. The lowest BCUT2D eigenvalue weighted by molar-refractivity contribution is -0.141. The van der Waals surface area contributed by atoms with E-state index in [1.807, 2.05) is 6.92 Å². The summed E-state index contributed by atoms with van der Waals surface area (Å²) in [6, 6.07) is 1.70. The Morgan fingerprint density at radius 2 is 2.17 bits per heavy atom. The van der Waals surface area contributed by atoms with Crippen LogP contribution in [0.3, 0.4) is 0 Å². The third-order valence-electron chi connectivity index (χ3n) is 3.08. The second-order valence-corrected chi connectivity index (χ2v) is 4.84. The minimum Gasteiger partial charge on any atom is -0.486 e. The van der Waals surface area contributed by atoms with Crippen LogP contribution in [0.1, 0.15) is 18.1 Å². The van der Waals surface area contributed by atoms with Gasteiger partial charge in [-0.05, 0) is 24.5 Å². The molecule has 1 N–H and O–H groups in total. The first-order chi connectivity index (χ1) is 8.50. The van der Waals surface area contributed by atoms with E-state index in [1.165, 1.54) is 0 Å². The van der Waals surface area contributed by atoms with E-state index in [0.29, 0.717) is 36.2 Å². The van der Waals surface area contributed by atoms with E-state index >= 15 is 0 Å². The molecule has 1 aromatic carbocycles. The zero-order valence-corrected chi connectivity index (χ0v) is 11.1. The van der Waals surface area contributed by atoms with Gasteiger partial charge in [-0.1, -0.05) is 18.5 Å². The average Bonchev–Trinajstić information content (AvgIpc) is 2.34. The molecule has 0 amide bonds. The highest BCUT2D eigenvalue weighted by molar-refractivity contribution is 6.31. The highest BCUT2D eigenvalue weighted by Gasteiger charge is 2.22. The van der Waals surface area contributed by atoms with E-state index < -0.39 is 11.9 Å². The standard InChI is InChI=1S/C13H15ClO4/c1-7(13(15)16)5-9-8(2)12-11(6-10(9)14)17-3-4-18-12/h6-7H,3-5H2,1-2H3,(H,15,16). The monoisotopic (exact) mass is 270 g/mol. The topological polar surface area (TPSA) is 55.8 Å². The summed E-state index contributed by atoms with van der Waals surface area (Å²) in [5.41, 5.74) is 1.68. The molecule has 1 atom stereocenters. The second kappa shape index (κ2) is 5.06. The number of hydrogen-bond donors (Lipinski definition) is 1. The molecule has 0 fully saturated rings. The molecule has 0 bridgehead atoms. The van der Waals surface area contributed by atoms with Gasteiger partial charge in [0.1, 0.15) is 13.2 Å². The van der Waals surface area contributed by atoms with Crippen LogP contribution in [0.4, 0.5) is 0 Å². The van der Waals surface area contributed by atoms with E-state index in [2.05, 4.69) is 0 Å². The molecule has 1 unspecified atom stereocenters. The molecule has 0 saturated carbocycles. The van der Waals surface area contributed by atoms with E-state index in [-0.39, 0.29) is 0 Å². The number of rotatable bonds is 3. The molecule has 0 aliphatic carbocycles. The molecule has 5 heteroatoms. The first-order valence-electron chi connectivity index (χ1n) is 5.81. The summed E-state index contributed by atoms with van der Waals surface area (Å²) in [5.74, 6) is -0.00201. The number of fused-ring (bicyclic) bond motifs is 1. The normalized spacial score (nSPS) is 15.3. The Balaban J connectivity index is 2.38. The van der Waals surface area contributed by atoms with Crippen molar-refractivity contribution < 1.29 is 19.4 Å². The number of carboxylic acids is 1. The third-order valence-corrected chi connectivity index (χ3v) is 3.42. The minimum atomic E-state index is -0.833. The van der Waals surface area contributed by atoms with Crippen molar-refractivity contribution in [2.45, 2.75) is 20.3 Å². The van der Waals surface area contributed by atoms with Crippen LogP contribution in [0.2, 0.25) is 5.02 Å². The quantitative estimate of drug-likeness (QED) is 0.917. The first-order valence-corrected chi connectivity index (χ1v) is 6.19. The molecule has 0 radical (unpaired) electrons. The summed E-state index contributed by atoms with van der Waals surface area (Å²) in [4.78, 5) is 10.9. The fourth-order valence-corrected chi connectivity index (χ4v) is 2.31. The van der Waals surface area contributed by atoms with Crippen LogP contribution in [0.25, 0.3) is 0 Å². The van der Waals surface area contributed by atoms with Gasteiger partial charge in [-0.15, -0.1) is 0 Å². The van der Waals surface area contributed by atoms with E-state index in [0.717, 1.165) is 11.1 Å². The summed E-state index contributed by atoms with van der Waals surface area (Å²) in [6.07, 6.45) is 0.386. The Hall–Kier alpha value is -1.42. The fourth-order valence-electron chi connectivity index (χ4n) is 1.99. The van der Waals surface area contributed by atoms with Crippen LogP contribution >= 0.6 is 11.6 Å². The van der Waals surface area contributed by atoms with Gasteiger partial charge in [-0.3, -0.25) is 4.79 Å². The SMILES string of the molecule is Cc1c(CC(C)C(=O)O)c(Cl)cc2c1OCCO2. The van der Waals surface area contributed by atoms with E-state index in [4.69, 9.17) is 26.2 Å². The predicted octanol–water partition coefficient (Wildman–Crippen LogP) is 2.68. The molecule has 98 valence electrons.